The first kappa shape index (κ1) is 20.3. The van der Waals surface area contributed by atoms with Crippen molar-refractivity contribution in [2.45, 2.75) is 76.9 Å². The van der Waals surface area contributed by atoms with Gasteiger partial charge in [0.1, 0.15) is 0 Å². The molecule has 0 radical (unpaired) electrons. The van der Waals surface area contributed by atoms with Crippen LogP contribution >= 0.6 is 0 Å². The zero-order valence-electron chi connectivity index (χ0n) is 17.1. The smallest absolute Gasteiger partial charge is 0.253 e. The van der Waals surface area contributed by atoms with Gasteiger partial charge in [0.05, 0.1) is 5.60 Å². The van der Waals surface area contributed by atoms with E-state index in [0.717, 1.165) is 44.3 Å². The summed E-state index contributed by atoms with van der Waals surface area (Å²) in [6.45, 7) is 7.90. The van der Waals surface area contributed by atoms with E-state index in [1.165, 1.54) is 44.3 Å². The maximum Gasteiger partial charge on any atom is 0.253 e. The maximum absolute atomic E-state index is 12.8. The molecule has 27 heavy (non-hydrogen) atoms. The van der Waals surface area contributed by atoms with E-state index in [0.29, 0.717) is 6.04 Å². The standard InChI is InChI=1S/C23H36N2O2/c1-23(2,27)14-11-19-7-9-20(10-8-19)22(26)25-17-12-21(13-18-25)24-15-5-3-4-6-16-24/h7-10,21,27H,3-6,11-18H2,1-2H3. The summed E-state index contributed by atoms with van der Waals surface area (Å²) in [5, 5.41) is 9.86. The highest BCUT2D eigenvalue weighted by Crippen LogP contribution is 2.22. The lowest BCUT2D eigenvalue weighted by Gasteiger charge is -2.38. The van der Waals surface area contributed by atoms with Crippen LogP contribution < -0.4 is 0 Å². The Hall–Kier alpha value is -1.39. The lowest BCUT2D eigenvalue weighted by Crippen LogP contribution is -2.47. The summed E-state index contributed by atoms with van der Waals surface area (Å²) < 4.78 is 0. The van der Waals surface area contributed by atoms with Crippen molar-refractivity contribution in [3.63, 3.8) is 0 Å². The lowest BCUT2D eigenvalue weighted by atomic mass is 9.98. The van der Waals surface area contributed by atoms with Crippen molar-refractivity contribution in [3.05, 3.63) is 35.4 Å². The molecule has 4 nitrogen and oxygen atoms in total. The third kappa shape index (κ3) is 6.05. The van der Waals surface area contributed by atoms with Gasteiger partial charge in [-0.3, -0.25) is 4.79 Å². The number of likely N-dealkylation sites (tertiary alicyclic amines) is 2. The molecule has 2 aliphatic heterocycles. The summed E-state index contributed by atoms with van der Waals surface area (Å²) in [5.74, 6) is 0.165. The summed E-state index contributed by atoms with van der Waals surface area (Å²) in [5.41, 5.74) is 1.32. The number of carbonyl (C=O) groups excluding carboxylic acids is 1. The van der Waals surface area contributed by atoms with Crippen molar-refractivity contribution >= 4 is 5.91 Å². The van der Waals surface area contributed by atoms with Gasteiger partial charge < -0.3 is 14.9 Å². The van der Waals surface area contributed by atoms with Gasteiger partial charge in [0.2, 0.25) is 0 Å². The largest absolute Gasteiger partial charge is 0.390 e. The molecule has 1 N–H and O–H groups in total. The van der Waals surface area contributed by atoms with E-state index in [-0.39, 0.29) is 5.91 Å². The Morgan fingerprint density at radius 1 is 1.00 bits per heavy atom. The highest BCUT2D eigenvalue weighted by molar-refractivity contribution is 5.94. The average Bonchev–Trinajstić information content (AvgIpc) is 2.95. The molecule has 2 saturated heterocycles. The number of benzene rings is 1. The number of aliphatic hydroxyl groups is 1. The molecule has 0 spiro atoms. The molecule has 1 aromatic carbocycles. The Morgan fingerprint density at radius 3 is 2.15 bits per heavy atom. The molecule has 2 aliphatic rings. The highest BCUT2D eigenvalue weighted by atomic mass is 16.3. The van der Waals surface area contributed by atoms with E-state index in [2.05, 4.69) is 4.90 Å². The molecule has 0 aliphatic carbocycles. The number of nitrogens with zero attached hydrogens (tertiary/aromatic N) is 2. The molecule has 150 valence electrons. The predicted molar refractivity (Wildman–Crippen MR) is 110 cm³/mol. The van der Waals surface area contributed by atoms with Gasteiger partial charge in [-0.15, -0.1) is 0 Å². The summed E-state index contributed by atoms with van der Waals surface area (Å²) in [6.07, 6.45) is 9.19. The number of amides is 1. The van der Waals surface area contributed by atoms with E-state index in [1.807, 2.05) is 43.0 Å². The fourth-order valence-corrected chi connectivity index (χ4v) is 4.34. The summed E-state index contributed by atoms with van der Waals surface area (Å²) in [7, 11) is 0. The third-order valence-electron chi connectivity index (χ3n) is 6.14. The Kier molecular flexibility index (Phi) is 6.93. The number of hydrogen-bond donors (Lipinski definition) is 1. The molecule has 1 aromatic rings. The van der Waals surface area contributed by atoms with Crippen molar-refractivity contribution in [1.82, 2.24) is 9.80 Å². The van der Waals surface area contributed by atoms with Gasteiger partial charge in [-0.05, 0) is 83.2 Å². The van der Waals surface area contributed by atoms with Gasteiger partial charge >= 0.3 is 0 Å². The second kappa shape index (κ2) is 9.20. The number of aryl methyl sites for hydroxylation is 1. The monoisotopic (exact) mass is 372 g/mol. The molecular formula is C23H36N2O2. The maximum atomic E-state index is 12.8. The van der Waals surface area contributed by atoms with Crippen LogP contribution in [0.2, 0.25) is 0 Å². The lowest BCUT2D eigenvalue weighted by molar-refractivity contribution is 0.0622. The predicted octanol–water partition coefficient (Wildman–Crippen LogP) is 3.87. The minimum absolute atomic E-state index is 0.165. The number of carbonyl (C=O) groups is 1. The van der Waals surface area contributed by atoms with Crippen LogP contribution in [-0.2, 0) is 6.42 Å². The molecule has 3 rings (SSSR count). The highest BCUT2D eigenvalue weighted by Gasteiger charge is 2.27. The second-order valence-electron chi connectivity index (χ2n) is 8.98. The van der Waals surface area contributed by atoms with Crippen molar-refractivity contribution in [3.8, 4) is 0 Å². The van der Waals surface area contributed by atoms with E-state index in [4.69, 9.17) is 0 Å². The van der Waals surface area contributed by atoms with E-state index in [1.54, 1.807) is 0 Å². The third-order valence-corrected chi connectivity index (χ3v) is 6.14. The normalized spacial score (nSPS) is 20.5. The molecule has 2 fully saturated rings. The minimum Gasteiger partial charge on any atom is -0.390 e. The van der Waals surface area contributed by atoms with Gasteiger partial charge in [-0.2, -0.15) is 0 Å². The van der Waals surface area contributed by atoms with Gasteiger partial charge in [-0.25, -0.2) is 0 Å². The van der Waals surface area contributed by atoms with E-state index >= 15 is 0 Å². The molecule has 0 atom stereocenters. The quantitative estimate of drug-likeness (QED) is 0.853. The Balaban J connectivity index is 1.50. The fourth-order valence-electron chi connectivity index (χ4n) is 4.34. The molecular weight excluding hydrogens is 336 g/mol. The minimum atomic E-state index is -0.647. The van der Waals surface area contributed by atoms with Crippen LogP contribution in [0.4, 0.5) is 0 Å². The van der Waals surface area contributed by atoms with Crippen LogP contribution in [0.15, 0.2) is 24.3 Å². The van der Waals surface area contributed by atoms with E-state index < -0.39 is 5.60 Å². The zero-order valence-corrected chi connectivity index (χ0v) is 17.1. The van der Waals surface area contributed by atoms with Crippen molar-refractivity contribution < 1.29 is 9.90 Å². The topological polar surface area (TPSA) is 43.8 Å². The van der Waals surface area contributed by atoms with Crippen molar-refractivity contribution in [2.24, 2.45) is 0 Å². The summed E-state index contributed by atoms with van der Waals surface area (Å²) >= 11 is 0. The van der Waals surface area contributed by atoms with Crippen LogP contribution in [0.5, 0.6) is 0 Å². The SMILES string of the molecule is CC(C)(O)CCc1ccc(C(=O)N2CCC(N3CCCCCC3)CC2)cc1. The summed E-state index contributed by atoms with van der Waals surface area (Å²) in [4.78, 5) is 17.5. The fraction of sp³-hybridized carbons (Fsp3) is 0.696. The van der Waals surface area contributed by atoms with Crippen molar-refractivity contribution in [1.29, 1.82) is 0 Å². The van der Waals surface area contributed by atoms with Gasteiger partial charge in [0.25, 0.3) is 5.91 Å². The van der Waals surface area contributed by atoms with Crippen LogP contribution in [0.1, 0.15) is 74.7 Å². The van der Waals surface area contributed by atoms with Crippen molar-refractivity contribution in [2.75, 3.05) is 26.2 Å². The average molecular weight is 373 g/mol. The van der Waals surface area contributed by atoms with Crippen LogP contribution in [0.25, 0.3) is 0 Å². The number of hydrogen-bond acceptors (Lipinski definition) is 3. The molecule has 0 saturated carbocycles. The number of piperidine rings is 1. The Bertz CT molecular complexity index is 590. The molecule has 4 heteroatoms. The van der Waals surface area contributed by atoms with Crippen LogP contribution in [0.3, 0.4) is 0 Å². The first-order valence-corrected chi connectivity index (χ1v) is 10.8. The number of rotatable bonds is 5. The molecule has 2 heterocycles. The summed E-state index contributed by atoms with van der Waals surface area (Å²) in [6, 6.07) is 8.62. The second-order valence-corrected chi connectivity index (χ2v) is 8.98. The van der Waals surface area contributed by atoms with Gasteiger partial charge in [-0.1, -0.05) is 25.0 Å². The van der Waals surface area contributed by atoms with E-state index in [9.17, 15) is 9.90 Å². The molecule has 0 unspecified atom stereocenters. The molecule has 1 amide bonds. The van der Waals surface area contributed by atoms with Crippen LogP contribution in [-0.4, -0.2) is 58.6 Å². The molecule has 0 bridgehead atoms. The van der Waals surface area contributed by atoms with Crippen LogP contribution in [0, 0.1) is 0 Å². The van der Waals surface area contributed by atoms with Gasteiger partial charge in [0, 0.05) is 24.7 Å². The Labute approximate surface area is 164 Å². The Morgan fingerprint density at radius 2 is 1.59 bits per heavy atom. The van der Waals surface area contributed by atoms with Gasteiger partial charge in [0.15, 0.2) is 0 Å². The molecule has 0 aromatic heterocycles. The first-order chi connectivity index (χ1) is 12.9. The zero-order chi connectivity index (χ0) is 19.3. The first-order valence-electron chi connectivity index (χ1n) is 10.8.